The van der Waals surface area contributed by atoms with Crippen molar-refractivity contribution in [3.05, 3.63) is 53.9 Å². The van der Waals surface area contributed by atoms with E-state index in [0.29, 0.717) is 6.61 Å². The van der Waals surface area contributed by atoms with E-state index >= 15 is 0 Å². The van der Waals surface area contributed by atoms with Crippen molar-refractivity contribution < 1.29 is 9.47 Å². The van der Waals surface area contributed by atoms with Crippen molar-refractivity contribution in [1.82, 2.24) is 10.3 Å². The topological polar surface area (TPSA) is 43.4 Å². The van der Waals surface area contributed by atoms with E-state index in [1.807, 2.05) is 36.4 Å². The second-order valence-corrected chi connectivity index (χ2v) is 4.80. The molecule has 0 amide bonds. The molecule has 4 nitrogen and oxygen atoms in total. The van der Waals surface area contributed by atoms with Gasteiger partial charge >= 0.3 is 0 Å². The molecule has 1 heterocycles. The molecule has 2 aromatic rings. The number of nitrogens with one attached hydrogen (secondary N) is 1. The summed E-state index contributed by atoms with van der Waals surface area (Å²) in [6, 6.07) is 11.7. The van der Waals surface area contributed by atoms with Gasteiger partial charge in [0, 0.05) is 18.8 Å². The maximum Gasteiger partial charge on any atom is 0.123 e. The predicted octanol–water partition coefficient (Wildman–Crippen LogP) is 3.17. The van der Waals surface area contributed by atoms with E-state index in [1.54, 1.807) is 13.3 Å². The summed E-state index contributed by atoms with van der Waals surface area (Å²) in [6.45, 7) is 4.43. The Morgan fingerprint density at radius 1 is 1.14 bits per heavy atom. The number of nitrogens with zero attached hydrogens (tertiary/aromatic N) is 1. The van der Waals surface area contributed by atoms with Gasteiger partial charge in [-0.1, -0.05) is 19.1 Å². The number of rotatable bonds is 8. The smallest absolute Gasteiger partial charge is 0.123 e. The summed E-state index contributed by atoms with van der Waals surface area (Å²) < 4.78 is 11.0. The average Bonchev–Trinajstić information content (AvgIpc) is 2.54. The molecule has 21 heavy (non-hydrogen) atoms. The molecule has 0 fully saturated rings. The molecule has 0 atom stereocenters. The van der Waals surface area contributed by atoms with Gasteiger partial charge in [-0.3, -0.25) is 4.98 Å². The van der Waals surface area contributed by atoms with Crippen molar-refractivity contribution in [2.45, 2.75) is 26.5 Å². The summed E-state index contributed by atoms with van der Waals surface area (Å²) in [4.78, 5) is 4.33. The fraction of sp³-hybridized carbons (Fsp3) is 0.353. The highest BCUT2D eigenvalue weighted by Gasteiger charge is 2.00. The van der Waals surface area contributed by atoms with Crippen LogP contribution in [0.15, 0.2) is 42.6 Å². The van der Waals surface area contributed by atoms with Crippen LogP contribution in [-0.2, 0) is 13.2 Å². The third-order valence-corrected chi connectivity index (χ3v) is 3.06. The minimum absolute atomic E-state index is 0.517. The second-order valence-electron chi connectivity index (χ2n) is 4.80. The van der Waals surface area contributed by atoms with Crippen LogP contribution in [0.1, 0.15) is 24.6 Å². The van der Waals surface area contributed by atoms with Crippen LogP contribution >= 0.6 is 0 Å². The van der Waals surface area contributed by atoms with Crippen molar-refractivity contribution in [1.29, 1.82) is 0 Å². The van der Waals surface area contributed by atoms with Crippen LogP contribution in [-0.4, -0.2) is 18.6 Å². The first kappa shape index (κ1) is 15.3. The molecule has 112 valence electrons. The Morgan fingerprint density at radius 3 is 2.86 bits per heavy atom. The largest absolute Gasteiger partial charge is 0.497 e. The van der Waals surface area contributed by atoms with Gasteiger partial charge in [0.15, 0.2) is 0 Å². The molecule has 0 saturated carbocycles. The van der Waals surface area contributed by atoms with Crippen molar-refractivity contribution in [3.63, 3.8) is 0 Å². The highest BCUT2D eigenvalue weighted by atomic mass is 16.5. The number of pyridine rings is 1. The molecule has 2 rings (SSSR count). The molecule has 1 aromatic heterocycles. The molecule has 0 unspecified atom stereocenters. The highest BCUT2D eigenvalue weighted by molar-refractivity contribution is 5.29. The van der Waals surface area contributed by atoms with E-state index in [9.17, 15) is 0 Å². The molecule has 1 aromatic carbocycles. The van der Waals surface area contributed by atoms with Crippen LogP contribution in [0.3, 0.4) is 0 Å². The van der Waals surface area contributed by atoms with Gasteiger partial charge in [0.25, 0.3) is 0 Å². The number of methoxy groups -OCH3 is 1. The Kier molecular flexibility index (Phi) is 6.03. The van der Waals surface area contributed by atoms with Gasteiger partial charge in [0.2, 0.25) is 0 Å². The van der Waals surface area contributed by atoms with Crippen molar-refractivity contribution in [2.24, 2.45) is 0 Å². The minimum atomic E-state index is 0.517. The number of hydrogen-bond acceptors (Lipinski definition) is 4. The van der Waals surface area contributed by atoms with Crippen LogP contribution in [0.4, 0.5) is 0 Å². The lowest BCUT2D eigenvalue weighted by Crippen LogP contribution is -2.14. The predicted molar refractivity (Wildman–Crippen MR) is 83.6 cm³/mol. The van der Waals surface area contributed by atoms with Crippen LogP contribution in [0, 0.1) is 0 Å². The molecule has 4 heteroatoms. The number of ether oxygens (including phenoxy) is 2. The summed E-state index contributed by atoms with van der Waals surface area (Å²) >= 11 is 0. The molecule has 0 spiro atoms. The summed E-state index contributed by atoms with van der Waals surface area (Å²) in [5.41, 5.74) is 2.07. The molecular formula is C17H22N2O2. The van der Waals surface area contributed by atoms with Crippen LogP contribution in [0.25, 0.3) is 0 Å². The zero-order valence-electron chi connectivity index (χ0n) is 12.6. The van der Waals surface area contributed by atoms with E-state index < -0.39 is 0 Å². The lowest BCUT2D eigenvalue weighted by atomic mass is 10.2. The van der Waals surface area contributed by atoms with E-state index in [0.717, 1.165) is 42.3 Å². The Morgan fingerprint density at radius 2 is 2.05 bits per heavy atom. The number of hydrogen-bond donors (Lipinski definition) is 1. The van der Waals surface area contributed by atoms with Gasteiger partial charge in [-0.2, -0.15) is 0 Å². The zero-order chi connectivity index (χ0) is 14.9. The minimum Gasteiger partial charge on any atom is -0.497 e. The van der Waals surface area contributed by atoms with Crippen LogP contribution in [0.2, 0.25) is 0 Å². The van der Waals surface area contributed by atoms with Crippen molar-refractivity contribution in [3.8, 4) is 11.5 Å². The first-order valence-electron chi connectivity index (χ1n) is 7.23. The highest BCUT2D eigenvalue weighted by Crippen LogP contribution is 2.16. The Bertz CT molecular complexity index is 558. The lowest BCUT2D eigenvalue weighted by molar-refractivity contribution is 0.304. The van der Waals surface area contributed by atoms with E-state index in [-0.39, 0.29) is 0 Å². The molecule has 0 aliphatic heterocycles. The van der Waals surface area contributed by atoms with E-state index in [2.05, 4.69) is 17.2 Å². The SMILES string of the molecule is CCCNCc1cc(OCc2cccc(OC)c2)ccn1. The third-order valence-electron chi connectivity index (χ3n) is 3.06. The van der Waals surface area contributed by atoms with Crippen molar-refractivity contribution in [2.75, 3.05) is 13.7 Å². The van der Waals surface area contributed by atoms with Crippen molar-refractivity contribution >= 4 is 0 Å². The van der Waals surface area contributed by atoms with E-state index in [1.165, 1.54) is 0 Å². The maximum atomic E-state index is 5.82. The second kappa shape index (κ2) is 8.27. The molecular weight excluding hydrogens is 264 g/mol. The van der Waals surface area contributed by atoms with Gasteiger partial charge in [0.1, 0.15) is 18.1 Å². The average molecular weight is 286 g/mol. The van der Waals surface area contributed by atoms with Crippen LogP contribution in [0.5, 0.6) is 11.5 Å². The molecule has 0 saturated heterocycles. The summed E-state index contributed by atoms with van der Waals surface area (Å²) in [6.07, 6.45) is 2.90. The van der Waals surface area contributed by atoms with Gasteiger partial charge in [-0.15, -0.1) is 0 Å². The Labute approximate surface area is 126 Å². The number of benzene rings is 1. The molecule has 0 aliphatic rings. The summed E-state index contributed by atoms with van der Waals surface area (Å²) in [5.74, 6) is 1.68. The van der Waals surface area contributed by atoms with Gasteiger partial charge < -0.3 is 14.8 Å². The summed E-state index contributed by atoms with van der Waals surface area (Å²) in [5, 5.41) is 3.33. The van der Waals surface area contributed by atoms with Gasteiger partial charge in [-0.05, 0) is 36.7 Å². The lowest BCUT2D eigenvalue weighted by Gasteiger charge is -2.09. The monoisotopic (exact) mass is 286 g/mol. The fourth-order valence-electron chi connectivity index (χ4n) is 1.96. The summed E-state index contributed by atoms with van der Waals surface area (Å²) in [7, 11) is 1.67. The van der Waals surface area contributed by atoms with Gasteiger partial charge in [0.05, 0.1) is 12.8 Å². The third kappa shape index (κ3) is 5.08. The van der Waals surface area contributed by atoms with E-state index in [4.69, 9.17) is 9.47 Å². The number of aromatic nitrogens is 1. The van der Waals surface area contributed by atoms with Gasteiger partial charge in [-0.25, -0.2) is 0 Å². The Hall–Kier alpha value is -2.07. The quantitative estimate of drug-likeness (QED) is 0.757. The zero-order valence-corrected chi connectivity index (χ0v) is 12.6. The normalized spacial score (nSPS) is 10.4. The standard InChI is InChI=1S/C17H22N2O2/c1-3-8-18-12-15-11-17(7-9-19-15)21-13-14-5-4-6-16(10-14)20-2/h4-7,9-11,18H,3,8,12-13H2,1-2H3. The van der Waals surface area contributed by atoms with Crippen LogP contribution < -0.4 is 14.8 Å². The molecule has 0 radical (unpaired) electrons. The molecule has 0 aliphatic carbocycles. The molecule has 0 bridgehead atoms. The maximum absolute atomic E-state index is 5.82. The Balaban J connectivity index is 1.91. The molecule has 1 N–H and O–H groups in total. The first-order valence-corrected chi connectivity index (χ1v) is 7.23. The fourth-order valence-corrected chi connectivity index (χ4v) is 1.96. The first-order chi connectivity index (χ1) is 10.3.